The summed E-state index contributed by atoms with van der Waals surface area (Å²) in [4.78, 5) is 12.1. The van der Waals surface area contributed by atoms with E-state index in [-0.39, 0.29) is 12.1 Å². The quantitative estimate of drug-likeness (QED) is 0.494. The fourth-order valence-electron chi connectivity index (χ4n) is 2.14. The largest absolute Gasteiger partial charge is 0.311 e. The highest BCUT2D eigenvalue weighted by molar-refractivity contribution is 7.99. The van der Waals surface area contributed by atoms with E-state index in [2.05, 4.69) is 10.2 Å². The van der Waals surface area contributed by atoms with Gasteiger partial charge in [0, 0.05) is 61.9 Å². The molecule has 1 aromatic carbocycles. The Kier molecular flexibility index (Phi) is 5.89. The lowest BCUT2D eigenvalue weighted by Crippen LogP contribution is -2.37. The fourth-order valence-corrected chi connectivity index (χ4v) is 3.12. The molecule has 0 unspecified atom stereocenters. The molecule has 1 aliphatic rings. The molecular weight excluding hydrogens is 300 g/mol. The van der Waals surface area contributed by atoms with Gasteiger partial charge in [0.05, 0.1) is 4.92 Å². The zero-order valence-electron chi connectivity index (χ0n) is 11.5. The Balaban J connectivity index is 1.85. The number of nitro groups is 1. The van der Waals surface area contributed by atoms with Gasteiger partial charge in [0.2, 0.25) is 5.82 Å². The van der Waals surface area contributed by atoms with E-state index >= 15 is 0 Å². The summed E-state index contributed by atoms with van der Waals surface area (Å²) < 4.78 is 26.8. The van der Waals surface area contributed by atoms with Crippen LogP contribution in [-0.4, -0.2) is 47.5 Å². The Bertz CT molecular complexity index is 510. The van der Waals surface area contributed by atoms with Gasteiger partial charge in [-0.1, -0.05) is 0 Å². The summed E-state index contributed by atoms with van der Waals surface area (Å²) in [6.45, 7) is 3.75. The van der Waals surface area contributed by atoms with E-state index in [4.69, 9.17) is 0 Å². The Labute approximate surface area is 125 Å². The molecule has 0 amide bonds. The van der Waals surface area contributed by atoms with Crippen LogP contribution in [0.2, 0.25) is 0 Å². The minimum atomic E-state index is -1.15. The summed E-state index contributed by atoms with van der Waals surface area (Å²) in [7, 11) is 0. The monoisotopic (exact) mass is 317 g/mol. The lowest BCUT2D eigenvalue weighted by molar-refractivity contribution is -0.387. The van der Waals surface area contributed by atoms with Crippen molar-refractivity contribution in [1.82, 2.24) is 10.2 Å². The second kappa shape index (κ2) is 7.67. The average Bonchev–Trinajstić information content (AvgIpc) is 2.46. The first-order chi connectivity index (χ1) is 10.1. The van der Waals surface area contributed by atoms with Crippen LogP contribution in [-0.2, 0) is 6.54 Å². The lowest BCUT2D eigenvalue weighted by atomic mass is 10.2. The van der Waals surface area contributed by atoms with E-state index in [0.717, 1.165) is 37.2 Å². The molecule has 1 N–H and O–H groups in total. The second-order valence-corrected chi connectivity index (χ2v) is 6.01. The van der Waals surface area contributed by atoms with Crippen LogP contribution in [0.1, 0.15) is 5.56 Å². The molecule has 0 atom stereocenters. The Morgan fingerprint density at radius 2 is 2.00 bits per heavy atom. The van der Waals surface area contributed by atoms with Crippen LogP contribution >= 0.6 is 11.8 Å². The molecule has 0 radical (unpaired) electrons. The summed E-state index contributed by atoms with van der Waals surface area (Å²) in [5, 5.41) is 13.7. The minimum Gasteiger partial charge on any atom is -0.311 e. The van der Waals surface area contributed by atoms with E-state index in [1.54, 1.807) is 0 Å². The molecule has 5 nitrogen and oxygen atoms in total. The normalized spacial score (nSPS) is 16.1. The number of hydrogen-bond donors (Lipinski definition) is 1. The van der Waals surface area contributed by atoms with Crippen LogP contribution in [0.25, 0.3) is 0 Å². The van der Waals surface area contributed by atoms with Crippen LogP contribution in [0.3, 0.4) is 0 Å². The molecule has 1 aromatic rings. The number of nitrogens with one attached hydrogen (secondary N) is 1. The van der Waals surface area contributed by atoms with Gasteiger partial charge in [0.15, 0.2) is 0 Å². The first-order valence-corrected chi connectivity index (χ1v) is 7.86. The number of halogens is 2. The van der Waals surface area contributed by atoms with Crippen LogP contribution < -0.4 is 5.32 Å². The molecule has 1 fully saturated rings. The van der Waals surface area contributed by atoms with Gasteiger partial charge in [0.25, 0.3) is 0 Å². The molecule has 0 spiro atoms. The molecule has 1 saturated heterocycles. The maximum atomic E-state index is 13.6. The zero-order chi connectivity index (χ0) is 15.2. The summed E-state index contributed by atoms with van der Waals surface area (Å²) in [6, 6.07) is 1.52. The molecule has 0 bridgehead atoms. The van der Waals surface area contributed by atoms with Crippen molar-refractivity contribution in [2.75, 3.05) is 37.7 Å². The number of nitrogens with zero attached hydrogens (tertiary/aromatic N) is 2. The van der Waals surface area contributed by atoms with E-state index in [9.17, 15) is 18.9 Å². The average molecular weight is 317 g/mol. The third-order valence-corrected chi connectivity index (χ3v) is 4.28. The molecule has 0 aromatic heterocycles. The molecular formula is C13H17F2N3O2S. The Morgan fingerprint density at radius 1 is 1.29 bits per heavy atom. The third-order valence-electron chi connectivity index (χ3n) is 3.34. The highest BCUT2D eigenvalue weighted by Gasteiger charge is 2.18. The van der Waals surface area contributed by atoms with Crippen molar-refractivity contribution >= 4 is 17.4 Å². The van der Waals surface area contributed by atoms with E-state index < -0.39 is 22.2 Å². The molecule has 116 valence electrons. The SMILES string of the molecule is O=[N+]([O-])c1cc(CNCCN2CCSCC2)c(F)cc1F. The molecule has 8 heteroatoms. The van der Waals surface area contributed by atoms with Crippen molar-refractivity contribution < 1.29 is 13.7 Å². The molecule has 2 rings (SSSR count). The summed E-state index contributed by atoms with van der Waals surface area (Å²) >= 11 is 1.93. The van der Waals surface area contributed by atoms with Gasteiger partial charge in [-0.3, -0.25) is 10.1 Å². The van der Waals surface area contributed by atoms with Gasteiger partial charge in [-0.25, -0.2) is 4.39 Å². The van der Waals surface area contributed by atoms with Crippen molar-refractivity contribution in [1.29, 1.82) is 0 Å². The molecule has 0 saturated carbocycles. The fraction of sp³-hybridized carbons (Fsp3) is 0.538. The van der Waals surface area contributed by atoms with E-state index in [1.165, 1.54) is 0 Å². The van der Waals surface area contributed by atoms with Crippen molar-refractivity contribution in [3.8, 4) is 0 Å². The van der Waals surface area contributed by atoms with Gasteiger partial charge >= 0.3 is 5.69 Å². The number of benzene rings is 1. The Hall–Kier alpha value is -1.25. The standard InChI is InChI=1S/C13H17F2N3O2S/c14-11-8-12(15)13(18(19)20)7-10(11)9-16-1-2-17-3-5-21-6-4-17/h7-8,16H,1-6,9H2. The number of thioether (sulfide) groups is 1. The summed E-state index contributed by atoms with van der Waals surface area (Å²) in [5.41, 5.74) is -0.585. The van der Waals surface area contributed by atoms with Crippen LogP contribution in [0.15, 0.2) is 12.1 Å². The number of rotatable bonds is 6. The zero-order valence-corrected chi connectivity index (χ0v) is 12.3. The van der Waals surface area contributed by atoms with Gasteiger partial charge in [0.1, 0.15) is 5.82 Å². The van der Waals surface area contributed by atoms with Crippen molar-refractivity contribution in [3.05, 3.63) is 39.4 Å². The predicted molar refractivity (Wildman–Crippen MR) is 78.5 cm³/mol. The van der Waals surface area contributed by atoms with Gasteiger partial charge < -0.3 is 10.2 Å². The molecule has 21 heavy (non-hydrogen) atoms. The lowest BCUT2D eigenvalue weighted by Gasteiger charge is -2.26. The summed E-state index contributed by atoms with van der Waals surface area (Å²) in [5.74, 6) is 0.337. The van der Waals surface area contributed by atoms with Crippen molar-refractivity contribution in [2.45, 2.75) is 6.54 Å². The second-order valence-electron chi connectivity index (χ2n) is 4.78. The molecule has 0 aliphatic carbocycles. The first kappa shape index (κ1) is 16.1. The van der Waals surface area contributed by atoms with Crippen LogP contribution in [0.4, 0.5) is 14.5 Å². The van der Waals surface area contributed by atoms with Crippen LogP contribution in [0.5, 0.6) is 0 Å². The maximum absolute atomic E-state index is 13.6. The predicted octanol–water partition coefficient (Wildman–Crippen LogP) is 2.01. The van der Waals surface area contributed by atoms with E-state index in [0.29, 0.717) is 12.6 Å². The highest BCUT2D eigenvalue weighted by atomic mass is 32.2. The first-order valence-electron chi connectivity index (χ1n) is 6.71. The van der Waals surface area contributed by atoms with E-state index in [1.807, 2.05) is 11.8 Å². The third kappa shape index (κ3) is 4.62. The minimum absolute atomic E-state index is 0.109. The van der Waals surface area contributed by atoms with Crippen LogP contribution in [0, 0.1) is 21.7 Å². The number of nitro benzene ring substituents is 1. The van der Waals surface area contributed by atoms with Gasteiger partial charge in [-0.15, -0.1) is 0 Å². The van der Waals surface area contributed by atoms with Crippen molar-refractivity contribution in [2.24, 2.45) is 0 Å². The smallest absolute Gasteiger partial charge is 0.305 e. The highest BCUT2D eigenvalue weighted by Crippen LogP contribution is 2.21. The topological polar surface area (TPSA) is 58.4 Å². The van der Waals surface area contributed by atoms with Gasteiger partial charge in [-0.2, -0.15) is 16.2 Å². The Morgan fingerprint density at radius 3 is 2.67 bits per heavy atom. The van der Waals surface area contributed by atoms with Crippen molar-refractivity contribution in [3.63, 3.8) is 0 Å². The maximum Gasteiger partial charge on any atom is 0.305 e. The summed E-state index contributed by atoms with van der Waals surface area (Å²) in [6.07, 6.45) is 0. The molecule has 1 aliphatic heterocycles. The van der Waals surface area contributed by atoms with Gasteiger partial charge in [-0.05, 0) is 0 Å². The molecule has 1 heterocycles. The number of hydrogen-bond acceptors (Lipinski definition) is 5.